The van der Waals surface area contributed by atoms with E-state index in [9.17, 15) is 18.4 Å². The number of nitrogens with zero attached hydrogens (tertiary/aromatic N) is 5. The summed E-state index contributed by atoms with van der Waals surface area (Å²) in [6.45, 7) is 10.1. The normalized spacial score (nSPS) is 17.6. The summed E-state index contributed by atoms with van der Waals surface area (Å²) in [7, 11) is 1.28. The second-order valence-corrected chi connectivity index (χ2v) is 12.2. The maximum atomic E-state index is 14.8. The summed E-state index contributed by atoms with van der Waals surface area (Å²) in [5.74, 6) is -2.49. The van der Waals surface area contributed by atoms with Crippen molar-refractivity contribution in [2.24, 2.45) is 11.3 Å². The van der Waals surface area contributed by atoms with Crippen LogP contribution in [0, 0.1) is 36.8 Å². The van der Waals surface area contributed by atoms with Gasteiger partial charge in [-0.15, -0.1) is 5.10 Å². The molecule has 1 amide bonds. The van der Waals surface area contributed by atoms with Crippen LogP contribution in [-0.2, 0) is 17.9 Å². The zero-order valence-electron chi connectivity index (χ0n) is 25.9. The van der Waals surface area contributed by atoms with Crippen LogP contribution in [0.5, 0.6) is 5.75 Å². The van der Waals surface area contributed by atoms with E-state index in [1.54, 1.807) is 23.0 Å². The average Bonchev–Trinajstić information content (AvgIpc) is 3.46. The van der Waals surface area contributed by atoms with Crippen molar-refractivity contribution in [2.75, 3.05) is 20.2 Å². The molecule has 5 rings (SSSR count). The molecule has 0 aliphatic carbocycles. The van der Waals surface area contributed by atoms with Gasteiger partial charge >= 0.3 is 0 Å². The summed E-state index contributed by atoms with van der Waals surface area (Å²) in [6.07, 6.45) is 3.33. The van der Waals surface area contributed by atoms with Crippen molar-refractivity contribution in [1.82, 2.24) is 24.5 Å². The van der Waals surface area contributed by atoms with Gasteiger partial charge in [-0.2, -0.15) is 4.39 Å². The maximum absolute atomic E-state index is 14.8. The second-order valence-electron chi connectivity index (χ2n) is 12.2. The van der Waals surface area contributed by atoms with Crippen molar-refractivity contribution in [1.29, 1.82) is 0 Å². The van der Waals surface area contributed by atoms with Crippen LogP contribution in [0.2, 0.25) is 0 Å². The third kappa shape index (κ3) is 6.16. The van der Waals surface area contributed by atoms with E-state index < -0.39 is 17.6 Å². The number of amides is 1. The number of carbonyl (C=O) groups is 1. The number of likely N-dealkylation sites (tertiary alicyclic amines) is 1. The number of halogens is 2. The Morgan fingerprint density at radius 2 is 1.75 bits per heavy atom. The van der Waals surface area contributed by atoms with E-state index >= 15 is 0 Å². The Balaban J connectivity index is 1.42. The Morgan fingerprint density at radius 3 is 2.41 bits per heavy atom. The van der Waals surface area contributed by atoms with Crippen LogP contribution in [0.3, 0.4) is 0 Å². The first kappa shape index (κ1) is 31.1. The van der Waals surface area contributed by atoms with Gasteiger partial charge in [-0.25, -0.2) is 4.39 Å². The lowest BCUT2D eigenvalue weighted by molar-refractivity contribution is -0.138. The van der Waals surface area contributed by atoms with Gasteiger partial charge in [0.05, 0.1) is 25.8 Å². The topological polar surface area (TPSA) is 82.2 Å². The number of aromatic nitrogens is 4. The standard InChI is InChI=1S/C34H39F2N5O3/c1-22(2)34(21-40-19-29(37-38-40)27-12-13-30(44-5)32(36)31(27)35)14-9-15-39(20-34)33(43)28(25-10-7-6-8-11-25)18-41-23(3)16-26(42)17-24(41)4/h6-8,10-13,16-17,19,22,28H,9,14-15,18,20-21H2,1-5H3. The number of aryl methyl sites for hydroxylation is 2. The number of benzene rings is 2. The molecule has 0 saturated carbocycles. The van der Waals surface area contributed by atoms with E-state index in [0.29, 0.717) is 26.2 Å². The number of ether oxygens (including phenoxy) is 1. The van der Waals surface area contributed by atoms with Crippen molar-refractivity contribution >= 4 is 5.91 Å². The Labute approximate surface area is 256 Å². The first-order valence-corrected chi connectivity index (χ1v) is 15.0. The third-order valence-electron chi connectivity index (χ3n) is 9.12. The summed E-state index contributed by atoms with van der Waals surface area (Å²) < 4.78 is 37.8. The molecule has 0 spiro atoms. The lowest BCUT2D eigenvalue weighted by atomic mass is 9.71. The number of rotatable bonds is 9. The maximum Gasteiger partial charge on any atom is 0.231 e. The lowest BCUT2D eigenvalue weighted by Crippen LogP contribution is -2.52. The molecule has 0 N–H and O–H groups in total. The number of pyridine rings is 1. The molecule has 4 aromatic rings. The van der Waals surface area contributed by atoms with Crippen LogP contribution < -0.4 is 10.2 Å². The average molecular weight is 604 g/mol. The largest absolute Gasteiger partial charge is 0.494 e. The van der Waals surface area contributed by atoms with Crippen LogP contribution in [0.1, 0.15) is 49.6 Å². The second kappa shape index (κ2) is 12.7. The molecule has 1 fully saturated rings. The predicted octanol–water partition coefficient (Wildman–Crippen LogP) is 5.76. The SMILES string of the molecule is COc1ccc(-c2cn(CC3(C(C)C)CCCN(C(=O)C(Cn4c(C)cc(=O)cc4C)c4ccccc4)C3)nn2)c(F)c1F. The molecule has 3 heterocycles. The fourth-order valence-electron chi connectivity index (χ4n) is 6.43. The summed E-state index contributed by atoms with van der Waals surface area (Å²) in [4.78, 5) is 28.4. The lowest BCUT2D eigenvalue weighted by Gasteiger charge is -2.46. The molecule has 8 nitrogen and oxygen atoms in total. The number of hydrogen-bond donors (Lipinski definition) is 0. The highest BCUT2D eigenvalue weighted by Crippen LogP contribution is 2.40. The van der Waals surface area contributed by atoms with Crippen molar-refractivity contribution < 1.29 is 18.3 Å². The number of hydrogen-bond acceptors (Lipinski definition) is 5. The Hall–Kier alpha value is -4.34. The molecule has 44 heavy (non-hydrogen) atoms. The van der Waals surface area contributed by atoms with Crippen LogP contribution in [0.15, 0.2) is 65.6 Å². The van der Waals surface area contributed by atoms with Gasteiger partial charge in [0.1, 0.15) is 5.69 Å². The van der Waals surface area contributed by atoms with E-state index in [-0.39, 0.29) is 39.7 Å². The molecule has 1 saturated heterocycles. The Kier molecular flexibility index (Phi) is 8.99. The molecule has 2 aromatic carbocycles. The van der Waals surface area contributed by atoms with E-state index in [0.717, 1.165) is 29.8 Å². The summed E-state index contributed by atoms with van der Waals surface area (Å²) in [6, 6.07) is 15.8. The van der Waals surface area contributed by atoms with Crippen molar-refractivity contribution in [2.45, 2.75) is 59.5 Å². The zero-order valence-corrected chi connectivity index (χ0v) is 25.9. The molecule has 0 radical (unpaired) electrons. The van der Waals surface area contributed by atoms with Gasteiger partial charge in [-0.1, -0.05) is 49.4 Å². The molecule has 2 unspecified atom stereocenters. The van der Waals surface area contributed by atoms with Gasteiger partial charge in [0.15, 0.2) is 17.0 Å². The molecule has 0 bridgehead atoms. The molecule has 2 atom stereocenters. The molecule has 2 aromatic heterocycles. The first-order valence-electron chi connectivity index (χ1n) is 15.0. The molecule has 1 aliphatic rings. The Bertz CT molecular complexity index is 1670. The minimum Gasteiger partial charge on any atom is -0.494 e. The van der Waals surface area contributed by atoms with Crippen molar-refractivity contribution in [3.63, 3.8) is 0 Å². The number of methoxy groups -OCH3 is 1. The van der Waals surface area contributed by atoms with Gasteiger partial charge in [0, 0.05) is 54.1 Å². The van der Waals surface area contributed by atoms with Gasteiger partial charge in [-0.05, 0) is 50.3 Å². The van der Waals surface area contributed by atoms with Gasteiger partial charge < -0.3 is 14.2 Å². The highest BCUT2D eigenvalue weighted by molar-refractivity contribution is 5.84. The first-order chi connectivity index (χ1) is 21.0. The summed E-state index contributed by atoms with van der Waals surface area (Å²) >= 11 is 0. The summed E-state index contributed by atoms with van der Waals surface area (Å²) in [5, 5.41) is 8.43. The zero-order chi connectivity index (χ0) is 31.6. The fourth-order valence-corrected chi connectivity index (χ4v) is 6.43. The third-order valence-corrected chi connectivity index (χ3v) is 9.12. The molecular formula is C34H39F2N5O3. The van der Waals surface area contributed by atoms with E-state index in [1.165, 1.54) is 19.2 Å². The van der Waals surface area contributed by atoms with E-state index in [2.05, 4.69) is 24.2 Å². The van der Waals surface area contributed by atoms with Crippen LogP contribution in [0.4, 0.5) is 8.78 Å². The van der Waals surface area contributed by atoms with Crippen LogP contribution in [0.25, 0.3) is 11.3 Å². The predicted molar refractivity (Wildman–Crippen MR) is 164 cm³/mol. The molecule has 232 valence electrons. The minimum atomic E-state index is -1.07. The van der Waals surface area contributed by atoms with Crippen LogP contribution in [-0.4, -0.2) is 50.6 Å². The molecule has 10 heteroatoms. The molecular weight excluding hydrogens is 564 g/mol. The van der Waals surface area contributed by atoms with Crippen molar-refractivity contribution in [3.8, 4) is 17.0 Å². The smallest absolute Gasteiger partial charge is 0.231 e. The quantitative estimate of drug-likeness (QED) is 0.243. The fraction of sp³-hybridized carbons (Fsp3) is 0.412. The van der Waals surface area contributed by atoms with E-state index in [4.69, 9.17) is 4.74 Å². The number of piperidine rings is 1. The highest BCUT2D eigenvalue weighted by Gasteiger charge is 2.42. The molecule has 1 aliphatic heterocycles. The van der Waals surface area contributed by atoms with E-state index in [1.807, 2.05) is 53.6 Å². The van der Waals surface area contributed by atoms with Gasteiger partial charge in [0.25, 0.3) is 0 Å². The minimum absolute atomic E-state index is 0.00685. The van der Waals surface area contributed by atoms with Gasteiger partial charge in [0.2, 0.25) is 11.7 Å². The Morgan fingerprint density at radius 1 is 1.05 bits per heavy atom. The highest BCUT2D eigenvalue weighted by atomic mass is 19.2. The number of carbonyl (C=O) groups excluding carboxylic acids is 1. The summed E-state index contributed by atoms with van der Waals surface area (Å²) in [5.41, 5.74) is 2.42. The van der Waals surface area contributed by atoms with Crippen molar-refractivity contribution in [3.05, 3.63) is 99.6 Å². The van der Waals surface area contributed by atoms with Gasteiger partial charge in [-0.3, -0.25) is 14.3 Å². The monoisotopic (exact) mass is 603 g/mol. The van der Waals surface area contributed by atoms with Crippen LogP contribution >= 0.6 is 0 Å².